The van der Waals surface area contributed by atoms with Crippen LogP contribution >= 0.6 is 38.5 Å². The highest BCUT2D eigenvalue weighted by atomic mass is 127. The van der Waals surface area contributed by atoms with Crippen molar-refractivity contribution in [3.63, 3.8) is 0 Å². The minimum absolute atomic E-state index is 0.0234. The van der Waals surface area contributed by atoms with Crippen LogP contribution in [0.2, 0.25) is 0 Å². The summed E-state index contributed by atoms with van der Waals surface area (Å²) in [5, 5.41) is 0. The number of anilines is 1. The number of nitrogens with zero attached hydrogens (tertiary/aromatic N) is 1. The summed E-state index contributed by atoms with van der Waals surface area (Å²) >= 11 is 4.48. The summed E-state index contributed by atoms with van der Waals surface area (Å²) in [6, 6.07) is 1.03. The molecule has 0 unspecified atom stereocenters. The fourth-order valence-electron chi connectivity index (χ4n) is 2.09. The molecule has 0 aromatic heterocycles. The first-order valence-corrected chi connectivity index (χ1v) is 8.28. The van der Waals surface area contributed by atoms with Crippen molar-refractivity contribution in [1.29, 1.82) is 0 Å². The molecule has 0 N–H and O–H groups in total. The third kappa shape index (κ3) is 3.40. The van der Waals surface area contributed by atoms with Gasteiger partial charge < -0.3 is 19.1 Å². The van der Waals surface area contributed by atoms with Gasteiger partial charge in [0.05, 0.1) is 40.1 Å². The molecule has 24 heavy (non-hydrogen) atoms. The maximum atomic E-state index is 14.2. The van der Waals surface area contributed by atoms with E-state index in [2.05, 4.69) is 25.4 Å². The number of ether oxygens (including phenoxy) is 3. The van der Waals surface area contributed by atoms with E-state index >= 15 is 0 Å². The molecule has 0 atom stereocenters. The van der Waals surface area contributed by atoms with E-state index in [1.54, 1.807) is 22.6 Å². The number of halogens is 4. The van der Waals surface area contributed by atoms with E-state index < -0.39 is 23.6 Å². The molecule has 1 heterocycles. The summed E-state index contributed by atoms with van der Waals surface area (Å²) < 4.78 is 42.4. The molecule has 1 aromatic carbocycles. The van der Waals surface area contributed by atoms with Crippen LogP contribution in [-0.4, -0.2) is 39.5 Å². The molecule has 1 aliphatic heterocycles. The summed E-state index contributed by atoms with van der Waals surface area (Å²) in [5.74, 6) is -3.34. The van der Waals surface area contributed by atoms with Gasteiger partial charge in [0.2, 0.25) is 0 Å². The molecular weight excluding hydrogens is 507 g/mol. The van der Waals surface area contributed by atoms with Gasteiger partial charge in [-0.05, 0) is 38.5 Å². The Morgan fingerprint density at radius 2 is 1.92 bits per heavy atom. The van der Waals surface area contributed by atoms with Crippen molar-refractivity contribution >= 4 is 56.1 Å². The Morgan fingerprint density at radius 3 is 2.50 bits per heavy atom. The van der Waals surface area contributed by atoms with Crippen LogP contribution in [0.4, 0.5) is 14.5 Å². The van der Waals surface area contributed by atoms with E-state index in [1.807, 2.05) is 0 Å². The van der Waals surface area contributed by atoms with Crippen molar-refractivity contribution in [2.75, 3.05) is 32.5 Å². The second kappa shape index (κ2) is 7.74. The lowest BCUT2D eigenvalue weighted by atomic mass is 10.1. The van der Waals surface area contributed by atoms with Crippen LogP contribution < -0.4 is 4.90 Å². The summed E-state index contributed by atoms with van der Waals surface area (Å²) in [6.07, 6.45) is 0. The third-order valence-corrected chi connectivity index (χ3v) is 4.96. The fraction of sp³-hybridized carbons (Fsp3) is 0.286. The van der Waals surface area contributed by atoms with Crippen molar-refractivity contribution in [3.05, 3.63) is 37.0 Å². The Morgan fingerprint density at radius 1 is 1.29 bits per heavy atom. The monoisotopic (exact) mass is 517 g/mol. The third-order valence-electron chi connectivity index (χ3n) is 3.21. The zero-order valence-electron chi connectivity index (χ0n) is 12.5. The molecule has 0 spiro atoms. The van der Waals surface area contributed by atoms with Crippen molar-refractivity contribution in [1.82, 2.24) is 0 Å². The first kappa shape index (κ1) is 19.1. The topological polar surface area (TPSA) is 65.1 Å². The van der Waals surface area contributed by atoms with Crippen molar-refractivity contribution in [2.45, 2.75) is 0 Å². The van der Waals surface area contributed by atoms with Crippen LogP contribution in [0, 0.1) is 15.2 Å². The Bertz CT molecular complexity index is 740. The molecule has 0 fully saturated rings. The van der Waals surface area contributed by atoms with E-state index in [-0.39, 0.29) is 38.3 Å². The minimum Gasteiger partial charge on any atom is -0.466 e. The summed E-state index contributed by atoms with van der Waals surface area (Å²) in [4.78, 5) is 25.2. The molecule has 6 nitrogen and oxygen atoms in total. The molecule has 0 saturated carbocycles. The first-order chi connectivity index (χ1) is 11.3. The number of benzene rings is 1. The number of hydrogen-bond acceptors (Lipinski definition) is 6. The van der Waals surface area contributed by atoms with Crippen LogP contribution in [0.5, 0.6) is 0 Å². The molecule has 0 radical (unpaired) electrons. The summed E-state index contributed by atoms with van der Waals surface area (Å²) in [6.45, 7) is -0.382. The molecule has 130 valence electrons. The zero-order valence-corrected chi connectivity index (χ0v) is 16.2. The zero-order chi connectivity index (χ0) is 18.0. The summed E-state index contributed by atoms with van der Waals surface area (Å²) in [7, 11) is 2.28. The highest BCUT2D eigenvalue weighted by Crippen LogP contribution is 2.36. The molecule has 0 amide bonds. The lowest BCUT2D eigenvalue weighted by molar-refractivity contribution is -0.140. The van der Waals surface area contributed by atoms with E-state index in [0.717, 1.165) is 20.3 Å². The van der Waals surface area contributed by atoms with Crippen molar-refractivity contribution < 1.29 is 32.6 Å². The van der Waals surface area contributed by atoms with Gasteiger partial charge in [-0.2, -0.15) is 0 Å². The normalized spacial score (nSPS) is 14.7. The highest BCUT2D eigenvalue weighted by molar-refractivity contribution is 14.1. The van der Waals surface area contributed by atoms with E-state index in [9.17, 15) is 18.4 Å². The van der Waals surface area contributed by atoms with Crippen LogP contribution in [0.15, 0.2) is 21.8 Å². The van der Waals surface area contributed by atoms with Gasteiger partial charge in [0.15, 0.2) is 5.82 Å². The van der Waals surface area contributed by atoms with Gasteiger partial charge in [0, 0.05) is 6.07 Å². The van der Waals surface area contributed by atoms with E-state index in [1.165, 1.54) is 4.90 Å². The molecule has 10 heteroatoms. The SMILES string of the molecule is COC(=O)C1=C(C(=O)OC)N(c2cc(F)c(Br)c(F)c2I)COC1. The Balaban J connectivity index is 2.68. The van der Waals surface area contributed by atoms with E-state index in [0.29, 0.717) is 0 Å². The predicted octanol–water partition coefficient (Wildman–Crippen LogP) is 2.73. The predicted molar refractivity (Wildman–Crippen MR) is 91.1 cm³/mol. The molecule has 1 aliphatic rings. The van der Waals surface area contributed by atoms with Gasteiger partial charge in [-0.25, -0.2) is 18.4 Å². The Hall–Kier alpha value is -1.27. The Kier molecular flexibility index (Phi) is 6.15. The summed E-state index contributed by atoms with van der Waals surface area (Å²) in [5.41, 5.74) is -0.264. The van der Waals surface area contributed by atoms with Crippen molar-refractivity contribution in [2.24, 2.45) is 0 Å². The minimum atomic E-state index is -0.864. The number of esters is 2. The van der Waals surface area contributed by atoms with Crippen LogP contribution in [-0.2, 0) is 23.8 Å². The molecular formula is C14H11BrF2INO5. The molecule has 1 aromatic rings. The number of methoxy groups -OCH3 is 2. The van der Waals surface area contributed by atoms with E-state index in [4.69, 9.17) is 4.74 Å². The van der Waals surface area contributed by atoms with Gasteiger partial charge in [0.25, 0.3) is 0 Å². The smallest absolute Gasteiger partial charge is 0.355 e. The quantitative estimate of drug-likeness (QED) is 0.266. The number of carbonyl (C=O) groups excluding carboxylic acids is 2. The van der Waals surface area contributed by atoms with Crippen LogP contribution in [0.1, 0.15) is 0 Å². The number of rotatable bonds is 3. The lowest BCUT2D eigenvalue weighted by Gasteiger charge is -2.32. The first-order valence-electron chi connectivity index (χ1n) is 6.41. The van der Waals surface area contributed by atoms with Gasteiger partial charge in [-0.1, -0.05) is 0 Å². The number of hydrogen-bond donors (Lipinski definition) is 0. The van der Waals surface area contributed by atoms with Gasteiger partial charge in [-0.3, -0.25) is 0 Å². The average molecular weight is 518 g/mol. The number of carbonyl (C=O) groups is 2. The second-order valence-corrected chi connectivity index (χ2v) is 6.41. The molecule has 0 aliphatic carbocycles. The highest BCUT2D eigenvalue weighted by Gasteiger charge is 2.34. The van der Waals surface area contributed by atoms with Crippen LogP contribution in [0.3, 0.4) is 0 Å². The fourth-order valence-corrected chi connectivity index (χ4v) is 3.49. The lowest BCUT2D eigenvalue weighted by Crippen LogP contribution is -2.39. The maximum Gasteiger partial charge on any atom is 0.355 e. The van der Waals surface area contributed by atoms with Gasteiger partial charge in [-0.15, -0.1) is 0 Å². The largest absolute Gasteiger partial charge is 0.466 e. The average Bonchev–Trinajstić information content (AvgIpc) is 2.60. The molecule has 0 saturated heterocycles. The standard InChI is InChI=1S/C14H11BrF2INO5/c1-22-13(20)6-4-24-5-19(12(6)14(21)23-2)8-3-7(16)9(15)10(17)11(8)18/h3H,4-5H2,1-2H3. The maximum absolute atomic E-state index is 14.2. The van der Waals surface area contributed by atoms with Gasteiger partial charge >= 0.3 is 11.9 Å². The van der Waals surface area contributed by atoms with Crippen molar-refractivity contribution in [3.8, 4) is 0 Å². The molecule has 2 rings (SSSR count). The van der Waals surface area contributed by atoms with Crippen LogP contribution in [0.25, 0.3) is 0 Å². The second-order valence-electron chi connectivity index (χ2n) is 4.54. The van der Waals surface area contributed by atoms with Gasteiger partial charge in [0.1, 0.15) is 18.2 Å². The Labute approximate surface area is 158 Å². The molecule has 0 bridgehead atoms.